The van der Waals surface area contributed by atoms with Crippen molar-refractivity contribution in [1.29, 1.82) is 0 Å². The number of hydrogen-bond acceptors (Lipinski definition) is 5. The van der Waals surface area contributed by atoms with Crippen LogP contribution in [0.3, 0.4) is 0 Å². The molecule has 0 N–H and O–H groups in total. The van der Waals surface area contributed by atoms with Gasteiger partial charge in [-0.15, -0.1) is 5.10 Å². The minimum atomic E-state index is -4.65. The fourth-order valence-electron chi connectivity index (χ4n) is 2.18. The Morgan fingerprint density at radius 2 is 1.72 bits per heavy atom. The first kappa shape index (κ1) is 16.6. The van der Waals surface area contributed by atoms with E-state index in [9.17, 15) is 18.0 Å². The number of esters is 1. The quantitative estimate of drug-likeness (QED) is 0.678. The van der Waals surface area contributed by atoms with Gasteiger partial charge < -0.3 is 4.74 Å². The van der Waals surface area contributed by atoms with E-state index in [1.54, 1.807) is 24.3 Å². The Morgan fingerprint density at radius 3 is 2.44 bits per heavy atom. The number of tetrazole rings is 1. The summed E-state index contributed by atoms with van der Waals surface area (Å²) in [6.45, 7) is -0.368. The Bertz CT molecular complexity index is 878. The Morgan fingerprint density at radius 1 is 1.04 bits per heavy atom. The number of alkyl halides is 3. The van der Waals surface area contributed by atoms with Crippen LogP contribution in [-0.4, -0.2) is 26.2 Å². The van der Waals surface area contributed by atoms with Gasteiger partial charge in [0.15, 0.2) is 12.4 Å². The molecule has 2 aromatic carbocycles. The molecule has 6 nitrogen and oxygen atoms in total. The maximum absolute atomic E-state index is 13.0. The van der Waals surface area contributed by atoms with Crippen LogP contribution in [-0.2, 0) is 17.5 Å². The molecule has 0 saturated heterocycles. The van der Waals surface area contributed by atoms with E-state index in [1.165, 1.54) is 16.8 Å². The Balaban J connectivity index is 1.78. The average Bonchev–Trinajstić information content (AvgIpc) is 3.08. The summed E-state index contributed by atoms with van der Waals surface area (Å²) < 4.78 is 45.2. The monoisotopic (exact) mass is 348 g/mol. The van der Waals surface area contributed by atoms with Crippen molar-refractivity contribution >= 4 is 5.97 Å². The average molecular weight is 348 g/mol. The smallest absolute Gasteiger partial charge is 0.417 e. The van der Waals surface area contributed by atoms with Gasteiger partial charge in [-0.3, -0.25) is 0 Å². The highest BCUT2D eigenvalue weighted by Crippen LogP contribution is 2.32. The van der Waals surface area contributed by atoms with Crippen LogP contribution in [0.25, 0.3) is 5.69 Å². The standard InChI is InChI=1S/C16H11F3N4O2/c17-16(18,19)13-9-5-4-8-12(13)15(24)25-10-14-20-21-22-23(14)11-6-2-1-3-7-11/h1-9H,10H2. The predicted octanol–water partition coefficient (Wildman–Crippen LogP) is 3.04. The second-order valence-corrected chi connectivity index (χ2v) is 4.96. The third kappa shape index (κ3) is 3.65. The van der Waals surface area contributed by atoms with Gasteiger partial charge in [0.25, 0.3) is 0 Å². The van der Waals surface area contributed by atoms with Crippen LogP contribution >= 0.6 is 0 Å². The van der Waals surface area contributed by atoms with E-state index < -0.39 is 23.3 Å². The molecule has 128 valence electrons. The zero-order valence-corrected chi connectivity index (χ0v) is 12.6. The first-order valence-corrected chi connectivity index (χ1v) is 7.13. The van der Waals surface area contributed by atoms with Crippen molar-refractivity contribution in [2.75, 3.05) is 0 Å². The minimum absolute atomic E-state index is 0.184. The SMILES string of the molecule is O=C(OCc1nnnn1-c1ccccc1)c1ccccc1C(F)(F)F. The van der Waals surface area contributed by atoms with Crippen LogP contribution in [0.2, 0.25) is 0 Å². The van der Waals surface area contributed by atoms with Gasteiger partial charge in [-0.25, -0.2) is 4.79 Å². The number of benzene rings is 2. The Labute approximate surface area is 139 Å². The largest absolute Gasteiger partial charge is 0.454 e. The van der Waals surface area contributed by atoms with Crippen LogP contribution < -0.4 is 0 Å². The zero-order valence-electron chi connectivity index (χ0n) is 12.6. The molecule has 0 aliphatic carbocycles. The summed E-state index contributed by atoms with van der Waals surface area (Å²) in [5.74, 6) is -0.917. The number of carbonyl (C=O) groups is 1. The molecule has 25 heavy (non-hydrogen) atoms. The molecule has 0 unspecified atom stereocenters. The summed E-state index contributed by atoms with van der Waals surface area (Å²) in [4.78, 5) is 12.1. The van der Waals surface area contributed by atoms with Crippen molar-refractivity contribution in [3.63, 3.8) is 0 Å². The lowest BCUT2D eigenvalue weighted by Crippen LogP contribution is -2.16. The fourth-order valence-corrected chi connectivity index (χ4v) is 2.18. The molecule has 3 aromatic rings. The molecule has 0 saturated carbocycles. The van der Waals surface area contributed by atoms with Gasteiger partial charge in [0.05, 0.1) is 16.8 Å². The molecule has 0 bridgehead atoms. The highest BCUT2D eigenvalue weighted by molar-refractivity contribution is 5.91. The van der Waals surface area contributed by atoms with Gasteiger partial charge in [-0.2, -0.15) is 17.9 Å². The van der Waals surface area contributed by atoms with E-state index in [2.05, 4.69) is 15.5 Å². The maximum Gasteiger partial charge on any atom is 0.417 e. The van der Waals surface area contributed by atoms with Gasteiger partial charge in [0.1, 0.15) is 0 Å². The first-order valence-electron chi connectivity index (χ1n) is 7.13. The summed E-state index contributed by atoms with van der Waals surface area (Å²) in [6, 6.07) is 13.2. The molecule has 0 atom stereocenters. The van der Waals surface area contributed by atoms with Gasteiger partial charge >= 0.3 is 12.1 Å². The molecule has 0 aliphatic heterocycles. The maximum atomic E-state index is 13.0. The van der Waals surface area contributed by atoms with E-state index in [0.29, 0.717) is 5.69 Å². The molecule has 0 fully saturated rings. The molecule has 3 rings (SSSR count). The molecule has 0 radical (unpaired) electrons. The summed E-state index contributed by atoms with van der Waals surface area (Å²) in [6.07, 6.45) is -4.65. The summed E-state index contributed by atoms with van der Waals surface area (Å²) in [7, 11) is 0. The lowest BCUT2D eigenvalue weighted by atomic mass is 10.1. The number of carbonyl (C=O) groups excluding carboxylic acids is 1. The van der Waals surface area contributed by atoms with E-state index in [-0.39, 0.29) is 12.4 Å². The van der Waals surface area contributed by atoms with Crippen molar-refractivity contribution in [3.05, 3.63) is 71.5 Å². The van der Waals surface area contributed by atoms with E-state index in [1.807, 2.05) is 6.07 Å². The minimum Gasteiger partial charge on any atom is -0.454 e. The highest BCUT2D eigenvalue weighted by atomic mass is 19.4. The van der Waals surface area contributed by atoms with Crippen molar-refractivity contribution < 1.29 is 22.7 Å². The van der Waals surface area contributed by atoms with Crippen LogP contribution in [0.1, 0.15) is 21.7 Å². The fraction of sp³-hybridized carbons (Fsp3) is 0.125. The molecular formula is C16H11F3N4O2. The first-order chi connectivity index (χ1) is 12.0. The highest BCUT2D eigenvalue weighted by Gasteiger charge is 2.35. The van der Waals surface area contributed by atoms with Crippen LogP contribution in [0.4, 0.5) is 13.2 Å². The lowest BCUT2D eigenvalue weighted by Gasteiger charge is -2.12. The molecule has 1 aromatic heterocycles. The summed E-state index contributed by atoms with van der Waals surface area (Å²) in [5.41, 5.74) is -0.981. The molecule has 9 heteroatoms. The second kappa shape index (κ2) is 6.71. The Hall–Kier alpha value is -3.23. The zero-order chi connectivity index (χ0) is 17.9. The van der Waals surface area contributed by atoms with Crippen molar-refractivity contribution in [2.45, 2.75) is 12.8 Å². The number of ether oxygens (including phenoxy) is 1. The van der Waals surface area contributed by atoms with E-state index in [4.69, 9.17) is 4.74 Å². The predicted molar refractivity (Wildman–Crippen MR) is 79.7 cm³/mol. The van der Waals surface area contributed by atoms with Crippen molar-refractivity contribution in [3.8, 4) is 5.69 Å². The van der Waals surface area contributed by atoms with Crippen molar-refractivity contribution in [2.24, 2.45) is 0 Å². The molecule has 0 spiro atoms. The second-order valence-electron chi connectivity index (χ2n) is 4.96. The van der Waals surface area contributed by atoms with Crippen LogP contribution in [0, 0.1) is 0 Å². The van der Waals surface area contributed by atoms with Gasteiger partial charge in [-0.05, 0) is 34.7 Å². The number of para-hydroxylation sites is 1. The summed E-state index contributed by atoms with van der Waals surface area (Å²) in [5, 5.41) is 11.0. The van der Waals surface area contributed by atoms with Crippen molar-refractivity contribution in [1.82, 2.24) is 20.2 Å². The number of hydrogen-bond donors (Lipinski definition) is 0. The number of rotatable bonds is 4. The topological polar surface area (TPSA) is 69.9 Å². The van der Waals surface area contributed by atoms with Gasteiger partial charge in [0.2, 0.25) is 0 Å². The molecule has 0 amide bonds. The summed E-state index contributed by atoms with van der Waals surface area (Å²) >= 11 is 0. The third-order valence-corrected chi connectivity index (χ3v) is 3.32. The van der Waals surface area contributed by atoms with Gasteiger partial charge in [0, 0.05) is 0 Å². The number of aromatic nitrogens is 4. The lowest BCUT2D eigenvalue weighted by molar-refractivity contribution is -0.138. The van der Waals surface area contributed by atoms with Gasteiger partial charge in [-0.1, -0.05) is 30.3 Å². The normalized spacial score (nSPS) is 11.3. The molecular weight excluding hydrogens is 337 g/mol. The molecule has 0 aliphatic rings. The van der Waals surface area contributed by atoms with Crippen LogP contribution in [0.15, 0.2) is 54.6 Å². The molecule has 1 heterocycles. The van der Waals surface area contributed by atoms with Crippen LogP contribution in [0.5, 0.6) is 0 Å². The third-order valence-electron chi connectivity index (χ3n) is 3.32. The number of halogens is 3. The van der Waals surface area contributed by atoms with E-state index >= 15 is 0 Å². The van der Waals surface area contributed by atoms with E-state index in [0.717, 1.165) is 12.1 Å². The number of nitrogens with zero attached hydrogens (tertiary/aromatic N) is 4. The Kier molecular flexibility index (Phi) is 4.46.